The molecule has 0 saturated carbocycles. The Balaban J connectivity index is 1.59. The van der Waals surface area contributed by atoms with Gasteiger partial charge in [0.2, 0.25) is 0 Å². The van der Waals surface area contributed by atoms with Gasteiger partial charge in [0.25, 0.3) is 0 Å². The first-order valence-electron chi connectivity index (χ1n) is 12.3. The molecule has 0 spiro atoms. The highest BCUT2D eigenvalue weighted by Gasteiger charge is 2.26. The van der Waals surface area contributed by atoms with Gasteiger partial charge >= 0.3 is 0 Å². The molecule has 0 radical (unpaired) electrons. The van der Waals surface area contributed by atoms with Gasteiger partial charge in [0.1, 0.15) is 5.75 Å². The van der Waals surface area contributed by atoms with Gasteiger partial charge in [-0.1, -0.05) is 58.0 Å². The lowest BCUT2D eigenvalue weighted by atomic mass is 9.92. The van der Waals surface area contributed by atoms with Crippen LogP contribution in [0.15, 0.2) is 54.6 Å². The molecule has 4 rings (SSSR count). The summed E-state index contributed by atoms with van der Waals surface area (Å²) in [5.41, 5.74) is 5.96. The zero-order valence-electron chi connectivity index (χ0n) is 20.6. The van der Waals surface area contributed by atoms with Gasteiger partial charge < -0.3 is 15.4 Å². The Bertz CT molecular complexity index is 1040. The molecule has 2 heterocycles. The van der Waals surface area contributed by atoms with Crippen LogP contribution in [0, 0.1) is 0 Å². The smallest absolute Gasteiger partial charge is 0.123 e. The Morgan fingerprint density at radius 1 is 1.06 bits per heavy atom. The molecular weight excluding hydrogens is 408 g/mol. The van der Waals surface area contributed by atoms with Crippen LogP contribution in [0.2, 0.25) is 0 Å². The quantitative estimate of drug-likeness (QED) is 0.465. The highest BCUT2D eigenvalue weighted by molar-refractivity contribution is 5.45. The normalized spacial score (nSPS) is 18.8. The van der Waals surface area contributed by atoms with Crippen LogP contribution in [0.1, 0.15) is 80.9 Å². The summed E-state index contributed by atoms with van der Waals surface area (Å²) in [5, 5.41) is 12.5. The summed E-state index contributed by atoms with van der Waals surface area (Å²) in [6.07, 6.45) is 2.34. The van der Waals surface area contributed by atoms with Gasteiger partial charge in [0.15, 0.2) is 0 Å². The Hall–Kier alpha value is -2.63. The summed E-state index contributed by atoms with van der Waals surface area (Å²) < 4.78 is 7.83. The second-order valence-corrected chi connectivity index (χ2v) is 9.68. The lowest BCUT2D eigenvalue weighted by Gasteiger charge is -2.34. The SMILES string of the molecule is COc1ccc(-n2nc(C(C)C)cc2C(C)C)cc1CNC1CCCNC1c1ccccc1. The second-order valence-electron chi connectivity index (χ2n) is 9.68. The predicted octanol–water partition coefficient (Wildman–Crippen LogP) is 5.71. The minimum atomic E-state index is 0.321. The molecule has 2 N–H and O–H groups in total. The minimum absolute atomic E-state index is 0.321. The average Bonchev–Trinajstić information content (AvgIpc) is 3.30. The second kappa shape index (κ2) is 10.5. The first-order chi connectivity index (χ1) is 16.0. The van der Waals surface area contributed by atoms with Crippen LogP contribution in [-0.2, 0) is 6.54 Å². The Morgan fingerprint density at radius 2 is 1.85 bits per heavy atom. The van der Waals surface area contributed by atoms with Crippen molar-refractivity contribution in [1.82, 2.24) is 20.4 Å². The fraction of sp³-hybridized carbons (Fsp3) is 0.464. The molecule has 3 aromatic rings. The van der Waals surface area contributed by atoms with Crippen LogP contribution in [-0.4, -0.2) is 29.5 Å². The lowest BCUT2D eigenvalue weighted by Crippen LogP contribution is -2.45. The van der Waals surface area contributed by atoms with Gasteiger partial charge in [-0.3, -0.25) is 0 Å². The number of hydrogen-bond acceptors (Lipinski definition) is 4. The molecular formula is C28H38N4O. The Labute approximate surface area is 198 Å². The van der Waals surface area contributed by atoms with E-state index < -0.39 is 0 Å². The number of ether oxygens (including phenoxy) is 1. The van der Waals surface area contributed by atoms with Crippen LogP contribution in [0.25, 0.3) is 5.69 Å². The van der Waals surface area contributed by atoms with Crippen molar-refractivity contribution in [2.24, 2.45) is 0 Å². The minimum Gasteiger partial charge on any atom is -0.496 e. The molecule has 1 fully saturated rings. The lowest BCUT2D eigenvalue weighted by molar-refractivity contribution is 0.303. The molecule has 176 valence electrons. The molecule has 2 unspecified atom stereocenters. The molecule has 1 aliphatic heterocycles. The van der Waals surface area contributed by atoms with E-state index in [0.29, 0.717) is 23.9 Å². The van der Waals surface area contributed by atoms with E-state index in [2.05, 4.69) is 97.6 Å². The van der Waals surface area contributed by atoms with Crippen molar-refractivity contribution in [3.63, 3.8) is 0 Å². The van der Waals surface area contributed by atoms with Gasteiger partial charge in [0, 0.05) is 29.9 Å². The molecule has 0 bridgehead atoms. The maximum Gasteiger partial charge on any atom is 0.123 e. The summed E-state index contributed by atoms with van der Waals surface area (Å²) >= 11 is 0. The predicted molar refractivity (Wildman–Crippen MR) is 135 cm³/mol. The summed E-state index contributed by atoms with van der Waals surface area (Å²) in [6, 6.07) is 20.1. The van der Waals surface area contributed by atoms with Gasteiger partial charge in [0.05, 0.1) is 18.5 Å². The molecule has 5 heteroatoms. The maximum absolute atomic E-state index is 5.72. The van der Waals surface area contributed by atoms with Gasteiger partial charge in [-0.2, -0.15) is 5.10 Å². The first kappa shape index (κ1) is 23.5. The first-order valence-corrected chi connectivity index (χ1v) is 12.3. The number of aromatic nitrogens is 2. The Morgan fingerprint density at radius 3 is 2.55 bits per heavy atom. The van der Waals surface area contributed by atoms with Crippen molar-refractivity contribution in [3.05, 3.63) is 77.1 Å². The van der Waals surface area contributed by atoms with Crippen molar-refractivity contribution in [3.8, 4) is 11.4 Å². The van der Waals surface area contributed by atoms with Crippen molar-refractivity contribution in [2.45, 2.75) is 71.0 Å². The van der Waals surface area contributed by atoms with E-state index in [1.807, 2.05) is 0 Å². The van der Waals surface area contributed by atoms with Crippen molar-refractivity contribution in [2.75, 3.05) is 13.7 Å². The van der Waals surface area contributed by atoms with Crippen molar-refractivity contribution < 1.29 is 4.74 Å². The number of nitrogens with zero attached hydrogens (tertiary/aromatic N) is 2. The van der Waals surface area contributed by atoms with Gasteiger partial charge in [-0.15, -0.1) is 0 Å². The van der Waals surface area contributed by atoms with Gasteiger partial charge in [-0.25, -0.2) is 4.68 Å². The number of methoxy groups -OCH3 is 1. The molecule has 2 aromatic carbocycles. The number of piperidine rings is 1. The third-order valence-corrected chi connectivity index (χ3v) is 6.62. The third-order valence-electron chi connectivity index (χ3n) is 6.62. The summed E-state index contributed by atoms with van der Waals surface area (Å²) in [6.45, 7) is 10.7. The summed E-state index contributed by atoms with van der Waals surface area (Å²) in [5.74, 6) is 1.71. The van der Waals surface area contributed by atoms with E-state index in [-0.39, 0.29) is 0 Å². The zero-order chi connectivity index (χ0) is 23.4. The molecule has 1 aliphatic rings. The fourth-order valence-corrected chi connectivity index (χ4v) is 4.71. The van der Waals surface area contributed by atoms with E-state index in [9.17, 15) is 0 Å². The zero-order valence-corrected chi connectivity index (χ0v) is 20.6. The molecule has 0 aliphatic carbocycles. The number of benzene rings is 2. The largest absolute Gasteiger partial charge is 0.496 e. The van der Waals surface area contributed by atoms with Crippen LogP contribution in [0.4, 0.5) is 0 Å². The van der Waals surface area contributed by atoms with E-state index in [1.54, 1.807) is 7.11 Å². The van der Waals surface area contributed by atoms with E-state index in [4.69, 9.17) is 9.84 Å². The Kier molecular flexibility index (Phi) is 7.51. The monoisotopic (exact) mass is 446 g/mol. The molecule has 2 atom stereocenters. The van der Waals surface area contributed by atoms with Crippen molar-refractivity contribution >= 4 is 0 Å². The molecule has 0 amide bonds. The maximum atomic E-state index is 5.72. The van der Waals surface area contributed by atoms with Crippen LogP contribution in [0.3, 0.4) is 0 Å². The molecule has 1 aromatic heterocycles. The van der Waals surface area contributed by atoms with Gasteiger partial charge in [-0.05, 0) is 61.1 Å². The van der Waals surface area contributed by atoms with Crippen LogP contribution in [0.5, 0.6) is 5.75 Å². The number of hydrogen-bond donors (Lipinski definition) is 2. The molecule has 33 heavy (non-hydrogen) atoms. The number of rotatable bonds is 8. The highest BCUT2D eigenvalue weighted by Crippen LogP contribution is 2.29. The third kappa shape index (κ3) is 5.31. The van der Waals surface area contributed by atoms with Crippen LogP contribution < -0.4 is 15.4 Å². The highest BCUT2D eigenvalue weighted by atomic mass is 16.5. The standard InChI is InChI=1S/C28H38N4O/c1-19(2)25-17-26(20(3)4)32(31-25)23-13-14-27(33-5)22(16-23)18-30-24-12-9-15-29-28(24)21-10-7-6-8-11-21/h6-8,10-11,13-14,16-17,19-20,24,28-30H,9,12,15,18H2,1-5H3. The number of nitrogens with one attached hydrogen (secondary N) is 2. The molecule has 1 saturated heterocycles. The van der Waals surface area contributed by atoms with E-state index in [0.717, 1.165) is 42.2 Å². The van der Waals surface area contributed by atoms with E-state index in [1.165, 1.54) is 17.7 Å². The molecule has 5 nitrogen and oxygen atoms in total. The average molecular weight is 447 g/mol. The summed E-state index contributed by atoms with van der Waals surface area (Å²) in [7, 11) is 1.75. The topological polar surface area (TPSA) is 51.1 Å². The van der Waals surface area contributed by atoms with Crippen LogP contribution >= 0.6 is 0 Å². The summed E-state index contributed by atoms with van der Waals surface area (Å²) in [4.78, 5) is 0. The van der Waals surface area contributed by atoms with Crippen molar-refractivity contribution in [1.29, 1.82) is 0 Å². The van der Waals surface area contributed by atoms with E-state index >= 15 is 0 Å². The fourth-order valence-electron chi connectivity index (χ4n) is 4.71.